The summed E-state index contributed by atoms with van der Waals surface area (Å²) in [4.78, 5) is 4.27. The van der Waals surface area contributed by atoms with Gasteiger partial charge in [0.15, 0.2) is 0 Å². The molecule has 0 saturated heterocycles. The molecule has 0 spiro atoms. The van der Waals surface area contributed by atoms with Crippen molar-refractivity contribution >= 4 is 6.08 Å². The Bertz CT molecular complexity index is 628. The minimum absolute atomic E-state index is 0.797. The molecule has 2 aromatic rings. The third kappa shape index (κ3) is 4.23. The zero-order valence-corrected chi connectivity index (χ0v) is 14.0. The molecule has 0 amide bonds. The van der Waals surface area contributed by atoms with Crippen LogP contribution < -0.4 is 4.74 Å². The zero-order valence-electron chi connectivity index (χ0n) is 14.0. The largest absolute Gasteiger partial charge is 0.495 e. The lowest BCUT2D eigenvalue weighted by molar-refractivity contribution is 0.413. The monoisotopic (exact) mass is 298 g/mol. The second kappa shape index (κ2) is 7.83. The fourth-order valence-electron chi connectivity index (χ4n) is 2.37. The van der Waals surface area contributed by atoms with E-state index >= 15 is 0 Å². The maximum Gasteiger partial charge on any atom is 0.143 e. The van der Waals surface area contributed by atoms with Crippen LogP contribution in [0.2, 0.25) is 0 Å². The molecule has 2 rings (SSSR count). The van der Waals surface area contributed by atoms with E-state index in [1.165, 1.54) is 18.4 Å². The van der Waals surface area contributed by atoms with Gasteiger partial charge in [-0.15, -0.1) is 0 Å². The Morgan fingerprint density at radius 3 is 2.82 bits per heavy atom. The van der Waals surface area contributed by atoms with Gasteiger partial charge >= 0.3 is 0 Å². The van der Waals surface area contributed by atoms with E-state index in [9.17, 15) is 0 Å². The first-order valence-electron chi connectivity index (χ1n) is 7.99. The van der Waals surface area contributed by atoms with Gasteiger partial charge in [-0.1, -0.05) is 38.5 Å². The van der Waals surface area contributed by atoms with Crippen LogP contribution in [-0.4, -0.2) is 16.7 Å². The van der Waals surface area contributed by atoms with E-state index in [2.05, 4.69) is 49.2 Å². The van der Waals surface area contributed by atoms with Crippen molar-refractivity contribution in [2.75, 3.05) is 7.11 Å². The lowest BCUT2D eigenvalue weighted by Crippen LogP contribution is -1.96. The van der Waals surface area contributed by atoms with E-state index in [1.54, 1.807) is 7.11 Å². The summed E-state index contributed by atoms with van der Waals surface area (Å²) in [5.74, 6) is 1.66. The number of imidazole rings is 1. The summed E-state index contributed by atoms with van der Waals surface area (Å²) in [5, 5.41) is 0. The normalized spacial score (nSPS) is 12.7. The zero-order chi connectivity index (χ0) is 15.9. The second-order valence-electron chi connectivity index (χ2n) is 5.85. The average molecular weight is 298 g/mol. The molecule has 22 heavy (non-hydrogen) atoms. The van der Waals surface area contributed by atoms with Gasteiger partial charge in [-0.25, -0.2) is 4.98 Å². The molecule has 3 nitrogen and oxygen atoms in total. The summed E-state index contributed by atoms with van der Waals surface area (Å²) >= 11 is 0. The minimum atomic E-state index is 0.797. The van der Waals surface area contributed by atoms with Crippen LogP contribution in [0.15, 0.2) is 36.8 Å². The third-order valence-electron chi connectivity index (χ3n) is 4.03. The van der Waals surface area contributed by atoms with E-state index < -0.39 is 0 Å². The number of allylic oxidation sites excluding steroid dienone is 1. The number of aromatic nitrogens is 2. The lowest BCUT2D eigenvalue weighted by Gasteiger charge is -2.10. The minimum Gasteiger partial charge on any atom is -0.495 e. The van der Waals surface area contributed by atoms with Crippen molar-refractivity contribution < 1.29 is 4.74 Å². The van der Waals surface area contributed by atoms with Crippen molar-refractivity contribution in [1.82, 2.24) is 9.55 Å². The SMILES string of the molecule is CCC(C)CCC=Cc1ccc(-n2cnc(C)c2)c(OC)c1. The molecule has 1 aromatic carbocycles. The summed E-state index contributed by atoms with van der Waals surface area (Å²) < 4.78 is 7.52. The maximum atomic E-state index is 5.53. The molecule has 0 aliphatic heterocycles. The van der Waals surface area contributed by atoms with Crippen molar-refractivity contribution in [3.05, 3.63) is 48.1 Å². The summed E-state index contributed by atoms with van der Waals surface area (Å²) in [6.07, 6.45) is 11.9. The number of aryl methyl sites for hydroxylation is 1. The lowest BCUT2D eigenvalue weighted by atomic mass is 10.0. The number of methoxy groups -OCH3 is 1. The fraction of sp³-hybridized carbons (Fsp3) is 0.421. The van der Waals surface area contributed by atoms with Crippen LogP contribution in [0, 0.1) is 12.8 Å². The highest BCUT2D eigenvalue weighted by molar-refractivity contribution is 5.58. The van der Waals surface area contributed by atoms with Crippen LogP contribution in [0.3, 0.4) is 0 Å². The Balaban J connectivity index is 2.10. The number of ether oxygens (including phenoxy) is 1. The Hall–Kier alpha value is -2.03. The number of rotatable bonds is 7. The van der Waals surface area contributed by atoms with E-state index in [1.807, 2.05) is 24.0 Å². The molecule has 3 heteroatoms. The van der Waals surface area contributed by atoms with Crippen LogP contribution in [0.4, 0.5) is 0 Å². The first-order valence-corrected chi connectivity index (χ1v) is 7.99. The molecule has 1 heterocycles. The summed E-state index contributed by atoms with van der Waals surface area (Å²) in [6.45, 7) is 6.53. The van der Waals surface area contributed by atoms with Crippen molar-refractivity contribution in [2.45, 2.75) is 40.0 Å². The van der Waals surface area contributed by atoms with Crippen LogP contribution in [-0.2, 0) is 0 Å². The van der Waals surface area contributed by atoms with Gasteiger partial charge in [0.1, 0.15) is 5.75 Å². The van der Waals surface area contributed by atoms with Crippen molar-refractivity contribution in [1.29, 1.82) is 0 Å². The van der Waals surface area contributed by atoms with E-state index in [0.717, 1.165) is 29.5 Å². The number of hydrogen-bond donors (Lipinski definition) is 0. The fourth-order valence-corrected chi connectivity index (χ4v) is 2.37. The molecule has 118 valence electrons. The Labute approximate surface area is 133 Å². The highest BCUT2D eigenvalue weighted by atomic mass is 16.5. The second-order valence-corrected chi connectivity index (χ2v) is 5.85. The molecule has 0 aliphatic rings. The van der Waals surface area contributed by atoms with Crippen molar-refractivity contribution in [2.24, 2.45) is 5.92 Å². The highest BCUT2D eigenvalue weighted by Gasteiger charge is 2.06. The van der Waals surface area contributed by atoms with Crippen molar-refractivity contribution in [3.8, 4) is 11.4 Å². The maximum absolute atomic E-state index is 5.53. The Morgan fingerprint density at radius 2 is 2.18 bits per heavy atom. The predicted octanol–water partition coefficient (Wildman–Crippen LogP) is 5.03. The van der Waals surface area contributed by atoms with Gasteiger partial charge in [0.2, 0.25) is 0 Å². The summed E-state index contributed by atoms with van der Waals surface area (Å²) in [6, 6.07) is 6.27. The number of hydrogen-bond acceptors (Lipinski definition) is 2. The van der Waals surface area contributed by atoms with Crippen molar-refractivity contribution in [3.63, 3.8) is 0 Å². The van der Waals surface area contributed by atoms with Gasteiger partial charge in [-0.05, 0) is 43.4 Å². The number of benzene rings is 1. The van der Waals surface area contributed by atoms with Gasteiger partial charge in [0.05, 0.1) is 24.8 Å². The van der Waals surface area contributed by atoms with Crippen LogP contribution in [0.25, 0.3) is 11.8 Å². The molecule has 1 aromatic heterocycles. The smallest absolute Gasteiger partial charge is 0.143 e. The highest BCUT2D eigenvalue weighted by Crippen LogP contribution is 2.25. The molecule has 1 unspecified atom stereocenters. The van der Waals surface area contributed by atoms with Crippen LogP contribution in [0.5, 0.6) is 5.75 Å². The van der Waals surface area contributed by atoms with Crippen LogP contribution in [0.1, 0.15) is 44.4 Å². The standard InChI is InChI=1S/C19H26N2O/c1-5-15(2)8-6-7-9-17-10-11-18(19(12-17)22-4)21-13-16(3)20-14-21/h7,9-15H,5-6,8H2,1-4H3. The molecule has 0 radical (unpaired) electrons. The Kier molecular flexibility index (Phi) is 5.82. The molecular weight excluding hydrogens is 272 g/mol. The molecular formula is C19H26N2O. The average Bonchev–Trinajstić information content (AvgIpc) is 2.97. The molecule has 0 saturated carbocycles. The molecule has 0 N–H and O–H groups in total. The van der Waals surface area contributed by atoms with E-state index in [4.69, 9.17) is 4.74 Å². The topological polar surface area (TPSA) is 27.1 Å². The molecule has 0 aliphatic carbocycles. The molecule has 0 fully saturated rings. The van der Waals surface area contributed by atoms with E-state index in [-0.39, 0.29) is 0 Å². The van der Waals surface area contributed by atoms with Gasteiger partial charge in [0.25, 0.3) is 0 Å². The Morgan fingerprint density at radius 1 is 1.36 bits per heavy atom. The summed E-state index contributed by atoms with van der Waals surface area (Å²) in [7, 11) is 1.71. The quantitative estimate of drug-likeness (QED) is 0.717. The van der Waals surface area contributed by atoms with Gasteiger partial charge in [-0.3, -0.25) is 0 Å². The molecule has 1 atom stereocenters. The van der Waals surface area contributed by atoms with Gasteiger partial charge < -0.3 is 9.30 Å². The van der Waals surface area contributed by atoms with Gasteiger partial charge in [-0.2, -0.15) is 0 Å². The number of nitrogens with zero attached hydrogens (tertiary/aromatic N) is 2. The first-order chi connectivity index (χ1) is 10.6. The van der Waals surface area contributed by atoms with E-state index in [0.29, 0.717) is 0 Å². The van der Waals surface area contributed by atoms with Crippen LogP contribution >= 0.6 is 0 Å². The predicted molar refractivity (Wildman–Crippen MR) is 92.6 cm³/mol. The first kappa shape index (κ1) is 16.3. The third-order valence-corrected chi connectivity index (χ3v) is 4.03. The summed E-state index contributed by atoms with van der Waals surface area (Å²) in [5.41, 5.74) is 3.18. The molecule has 0 bridgehead atoms. The van der Waals surface area contributed by atoms with Gasteiger partial charge in [0, 0.05) is 6.20 Å².